The highest BCUT2D eigenvalue weighted by Gasteiger charge is 2.27. The number of pyridine rings is 1. The van der Waals surface area contributed by atoms with Crippen molar-refractivity contribution in [2.45, 2.75) is 26.8 Å². The van der Waals surface area contributed by atoms with E-state index in [0.717, 1.165) is 0 Å². The first-order chi connectivity index (χ1) is 6.91. The largest absolute Gasteiger partial charge is 0.319 e. The highest BCUT2D eigenvalue weighted by Crippen LogP contribution is 2.18. The van der Waals surface area contributed by atoms with Gasteiger partial charge in [0.1, 0.15) is 5.82 Å². The second kappa shape index (κ2) is 4.40. The van der Waals surface area contributed by atoms with E-state index in [1.807, 2.05) is 26.8 Å². The minimum atomic E-state index is -0.542. The fraction of sp³-hybridized carbons (Fsp3) is 0.455. The van der Waals surface area contributed by atoms with Crippen molar-refractivity contribution in [1.82, 2.24) is 4.98 Å². The van der Waals surface area contributed by atoms with Crippen molar-refractivity contribution in [3.05, 3.63) is 24.4 Å². The van der Waals surface area contributed by atoms with E-state index in [4.69, 9.17) is 5.73 Å². The molecule has 4 heteroatoms. The molecular weight excluding hydrogens is 190 g/mol. The summed E-state index contributed by atoms with van der Waals surface area (Å²) in [6, 6.07) is 4.79. The Balaban J connectivity index is 2.65. The van der Waals surface area contributed by atoms with Crippen LogP contribution >= 0.6 is 0 Å². The molecular formula is C11H17N3O. The number of carbonyl (C=O) groups excluding carboxylic acids is 1. The number of carbonyl (C=O) groups is 1. The van der Waals surface area contributed by atoms with Gasteiger partial charge in [-0.1, -0.05) is 26.8 Å². The molecule has 0 saturated heterocycles. The van der Waals surface area contributed by atoms with Gasteiger partial charge in [-0.2, -0.15) is 0 Å². The Morgan fingerprint density at radius 1 is 1.47 bits per heavy atom. The lowest BCUT2D eigenvalue weighted by molar-refractivity contribution is -0.119. The van der Waals surface area contributed by atoms with Crippen LogP contribution in [0.2, 0.25) is 0 Å². The first kappa shape index (κ1) is 11.7. The van der Waals surface area contributed by atoms with Gasteiger partial charge in [-0.15, -0.1) is 0 Å². The molecule has 0 aliphatic carbocycles. The third-order valence-corrected chi connectivity index (χ3v) is 2.13. The van der Waals surface area contributed by atoms with Gasteiger partial charge >= 0.3 is 0 Å². The van der Waals surface area contributed by atoms with Crippen molar-refractivity contribution in [3.8, 4) is 0 Å². The number of nitrogens with one attached hydrogen (secondary N) is 1. The van der Waals surface area contributed by atoms with E-state index in [2.05, 4.69) is 10.3 Å². The van der Waals surface area contributed by atoms with E-state index in [1.165, 1.54) is 0 Å². The second-order valence-electron chi connectivity index (χ2n) is 4.55. The topological polar surface area (TPSA) is 68.0 Å². The maximum atomic E-state index is 11.7. The maximum absolute atomic E-state index is 11.7. The van der Waals surface area contributed by atoms with E-state index in [-0.39, 0.29) is 11.3 Å². The second-order valence-corrected chi connectivity index (χ2v) is 4.55. The van der Waals surface area contributed by atoms with Gasteiger partial charge in [0.05, 0.1) is 6.04 Å². The van der Waals surface area contributed by atoms with E-state index in [9.17, 15) is 4.79 Å². The van der Waals surface area contributed by atoms with Gasteiger partial charge in [0, 0.05) is 6.20 Å². The summed E-state index contributed by atoms with van der Waals surface area (Å²) in [5.74, 6) is 0.323. The predicted octanol–water partition coefficient (Wildman–Crippen LogP) is 1.39. The predicted molar refractivity (Wildman–Crippen MR) is 60.3 cm³/mol. The Morgan fingerprint density at radius 3 is 2.60 bits per heavy atom. The summed E-state index contributed by atoms with van der Waals surface area (Å²) in [6.07, 6.45) is 1.62. The van der Waals surface area contributed by atoms with Gasteiger partial charge in [-0.05, 0) is 17.5 Å². The zero-order chi connectivity index (χ0) is 11.5. The Hall–Kier alpha value is -1.42. The first-order valence-corrected chi connectivity index (χ1v) is 4.89. The first-order valence-electron chi connectivity index (χ1n) is 4.89. The molecule has 0 fully saturated rings. The monoisotopic (exact) mass is 207 g/mol. The molecule has 3 N–H and O–H groups in total. The number of nitrogens with two attached hydrogens (primary N) is 1. The maximum Gasteiger partial charge on any atom is 0.242 e. The highest BCUT2D eigenvalue weighted by atomic mass is 16.2. The molecule has 0 aromatic carbocycles. The van der Waals surface area contributed by atoms with Gasteiger partial charge in [0.25, 0.3) is 0 Å². The molecule has 82 valence electrons. The van der Waals surface area contributed by atoms with Crippen molar-refractivity contribution in [3.63, 3.8) is 0 Å². The molecule has 1 rings (SSSR count). The minimum Gasteiger partial charge on any atom is -0.319 e. The van der Waals surface area contributed by atoms with Gasteiger partial charge in [-0.3, -0.25) is 4.79 Å². The average Bonchev–Trinajstić information content (AvgIpc) is 2.16. The Labute approximate surface area is 89.9 Å². The van der Waals surface area contributed by atoms with Crippen molar-refractivity contribution in [1.29, 1.82) is 0 Å². The number of amides is 1. The Morgan fingerprint density at radius 2 is 2.13 bits per heavy atom. The zero-order valence-corrected chi connectivity index (χ0v) is 9.32. The van der Waals surface area contributed by atoms with E-state index < -0.39 is 6.04 Å². The van der Waals surface area contributed by atoms with Crippen LogP contribution in [0.3, 0.4) is 0 Å². The summed E-state index contributed by atoms with van der Waals surface area (Å²) < 4.78 is 0. The lowest BCUT2D eigenvalue weighted by Gasteiger charge is -2.25. The molecule has 1 aromatic heterocycles. The molecule has 4 nitrogen and oxygen atoms in total. The molecule has 0 aliphatic rings. The normalized spacial score (nSPS) is 13.3. The standard InChI is InChI=1S/C11H17N3O/c1-11(2,3)9(12)10(15)14-8-6-4-5-7-13-8/h4-7,9H,12H2,1-3H3,(H,13,14,15). The molecule has 1 heterocycles. The van der Waals surface area contributed by atoms with Crippen molar-refractivity contribution in [2.24, 2.45) is 11.1 Å². The summed E-state index contributed by atoms with van der Waals surface area (Å²) in [4.78, 5) is 15.7. The SMILES string of the molecule is CC(C)(C)C(N)C(=O)Nc1ccccn1. The third kappa shape index (κ3) is 3.32. The van der Waals surface area contributed by atoms with Crippen LogP contribution in [0.15, 0.2) is 24.4 Å². The molecule has 0 bridgehead atoms. The molecule has 0 saturated carbocycles. The molecule has 1 amide bonds. The minimum absolute atomic E-state index is 0.207. The summed E-state index contributed by atoms with van der Waals surface area (Å²) >= 11 is 0. The van der Waals surface area contributed by atoms with Crippen molar-refractivity contribution < 1.29 is 4.79 Å². The third-order valence-electron chi connectivity index (χ3n) is 2.13. The summed E-state index contributed by atoms with van der Waals surface area (Å²) in [7, 11) is 0. The summed E-state index contributed by atoms with van der Waals surface area (Å²) in [5, 5.41) is 2.67. The number of aromatic nitrogens is 1. The van der Waals surface area contributed by atoms with Crippen LogP contribution in [0, 0.1) is 5.41 Å². The summed E-state index contributed by atoms with van der Waals surface area (Å²) in [6.45, 7) is 5.78. The van der Waals surface area contributed by atoms with Gasteiger partial charge in [0.15, 0.2) is 0 Å². The Kier molecular flexibility index (Phi) is 3.42. The molecule has 0 aliphatic heterocycles. The number of hydrogen-bond acceptors (Lipinski definition) is 3. The van der Waals surface area contributed by atoms with Crippen LogP contribution < -0.4 is 11.1 Å². The van der Waals surface area contributed by atoms with E-state index in [0.29, 0.717) is 5.82 Å². The highest BCUT2D eigenvalue weighted by molar-refractivity contribution is 5.94. The number of nitrogens with zero attached hydrogens (tertiary/aromatic N) is 1. The molecule has 1 aromatic rings. The van der Waals surface area contributed by atoms with Gasteiger partial charge in [-0.25, -0.2) is 4.98 Å². The van der Waals surface area contributed by atoms with E-state index in [1.54, 1.807) is 18.3 Å². The fourth-order valence-corrected chi connectivity index (χ4v) is 1.03. The smallest absolute Gasteiger partial charge is 0.242 e. The fourth-order valence-electron chi connectivity index (χ4n) is 1.03. The lowest BCUT2D eigenvalue weighted by Crippen LogP contribution is -2.45. The molecule has 1 unspecified atom stereocenters. The summed E-state index contributed by atoms with van der Waals surface area (Å²) in [5.41, 5.74) is 5.55. The van der Waals surface area contributed by atoms with E-state index >= 15 is 0 Å². The van der Waals surface area contributed by atoms with Gasteiger partial charge in [0.2, 0.25) is 5.91 Å². The van der Waals surface area contributed by atoms with Crippen LogP contribution in [0.5, 0.6) is 0 Å². The zero-order valence-electron chi connectivity index (χ0n) is 9.32. The molecule has 1 atom stereocenters. The number of rotatable bonds is 2. The number of anilines is 1. The van der Waals surface area contributed by atoms with Crippen molar-refractivity contribution >= 4 is 11.7 Å². The van der Waals surface area contributed by atoms with Crippen LogP contribution in [0.1, 0.15) is 20.8 Å². The number of hydrogen-bond donors (Lipinski definition) is 2. The van der Waals surface area contributed by atoms with Crippen LogP contribution in [0.25, 0.3) is 0 Å². The molecule has 0 radical (unpaired) electrons. The van der Waals surface area contributed by atoms with Gasteiger partial charge < -0.3 is 11.1 Å². The lowest BCUT2D eigenvalue weighted by atomic mass is 9.87. The van der Waals surface area contributed by atoms with Crippen LogP contribution in [-0.4, -0.2) is 16.9 Å². The molecule has 15 heavy (non-hydrogen) atoms. The average molecular weight is 207 g/mol. The van der Waals surface area contributed by atoms with Crippen LogP contribution in [0.4, 0.5) is 5.82 Å². The van der Waals surface area contributed by atoms with Crippen molar-refractivity contribution in [2.75, 3.05) is 5.32 Å². The Bertz CT molecular complexity index is 329. The molecule has 0 spiro atoms. The van der Waals surface area contributed by atoms with Crippen LogP contribution in [-0.2, 0) is 4.79 Å². The quantitative estimate of drug-likeness (QED) is 0.770.